The number of thiophene rings is 1. The molecule has 28 heavy (non-hydrogen) atoms. The van der Waals surface area contributed by atoms with E-state index in [2.05, 4.69) is 20.8 Å². The van der Waals surface area contributed by atoms with E-state index >= 15 is 0 Å². The van der Waals surface area contributed by atoms with Crippen LogP contribution >= 0.6 is 11.3 Å². The first-order valence-electron chi connectivity index (χ1n) is 8.85. The molecule has 1 amide bonds. The second kappa shape index (κ2) is 8.45. The third-order valence-electron chi connectivity index (χ3n) is 4.13. The van der Waals surface area contributed by atoms with Crippen LogP contribution in [-0.2, 0) is 6.54 Å². The van der Waals surface area contributed by atoms with Gasteiger partial charge in [0, 0.05) is 21.7 Å². The van der Waals surface area contributed by atoms with Gasteiger partial charge in [0.15, 0.2) is 5.82 Å². The molecule has 4 aromatic rings. The lowest BCUT2D eigenvalue weighted by Gasteiger charge is -2.08. The Labute approximate surface area is 167 Å². The van der Waals surface area contributed by atoms with E-state index in [1.54, 1.807) is 23.5 Å². The van der Waals surface area contributed by atoms with Gasteiger partial charge in [0.1, 0.15) is 0 Å². The zero-order valence-electron chi connectivity index (χ0n) is 15.0. The maximum Gasteiger partial charge on any atom is 0.251 e. The van der Waals surface area contributed by atoms with E-state index in [0.717, 1.165) is 21.8 Å². The van der Waals surface area contributed by atoms with Gasteiger partial charge in [-0.1, -0.05) is 42.5 Å². The number of carbonyl (C=O) groups excluding carboxylic acids is 1. The SMILES string of the molecule is O=C(NCc1cccs1)c1cccc(Nc2ccc(-c3ccccc3)nn2)c1. The number of anilines is 2. The molecule has 0 aliphatic heterocycles. The molecule has 0 fully saturated rings. The first-order valence-corrected chi connectivity index (χ1v) is 9.73. The second-order valence-corrected chi connectivity index (χ2v) is 7.17. The van der Waals surface area contributed by atoms with Crippen molar-refractivity contribution in [2.45, 2.75) is 6.54 Å². The summed E-state index contributed by atoms with van der Waals surface area (Å²) < 4.78 is 0. The van der Waals surface area contributed by atoms with Crippen LogP contribution in [0.3, 0.4) is 0 Å². The molecular formula is C22H18N4OS. The molecule has 0 saturated heterocycles. The van der Waals surface area contributed by atoms with Crippen LogP contribution in [0.25, 0.3) is 11.3 Å². The third-order valence-corrected chi connectivity index (χ3v) is 5.01. The maximum absolute atomic E-state index is 12.4. The van der Waals surface area contributed by atoms with Crippen LogP contribution in [-0.4, -0.2) is 16.1 Å². The Balaban J connectivity index is 1.42. The van der Waals surface area contributed by atoms with E-state index < -0.39 is 0 Å². The number of nitrogens with zero attached hydrogens (tertiary/aromatic N) is 2. The number of benzene rings is 2. The van der Waals surface area contributed by atoms with Crippen LogP contribution in [0.5, 0.6) is 0 Å². The van der Waals surface area contributed by atoms with Gasteiger partial charge in [-0.05, 0) is 41.8 Å². The topological polar surface area (TPSA) is 66.9 Å². The fraction of sp³-hybridized carbons (Fsp3) is 0.0455. The Morgan fingerprint density at radius 2 is 1.79 bits per heavy atom. The van der Waals surface area contributed by atoms with E-state index in [1.807, 2.05) is 72.1 Å². The maximum atomic E-state index is 12.4. The van der Waals surface area contributed by atoms with Crippen LogP contribution < -0.4 is 10.6 Å². The summed E-state index contributed by atoms with van der Waals surface area (Å²) in [4.78, 5) is 13.5. The fourth-order valence-corrected chi connectivity index (χ4v) is 3.38. The van der Waals surface area contributed by atoms with Crippen molar-refractivity contribution < 1.29 is 4.79 Å². The molecule has 2 N–H and O–H groups in total. The minimum absolute atomic E-state index is 0.109. The van der Waals surface area contributed by atoms with E-state index in [4.69, 9.17) is 0 Å². The minimum Gasteiger partial charge on any atom is -0.347 e. The number of hydrogen-bond donors (Lipinski definition) is 2. The van der Waals surface area contributed by atoms with Gasteiger partial charge < -0.3 is 10.6 Å². The molecule has 0 aliphatic rings. The number of rotatable bonds is 6. The molecule has 2 aromatic heterocycles. The monoisotopic (exact) mass is 386 g/mol. The van der Waals surface area contributed by atoms with E-state index in [1.165, 1.54) is 0 Å². The van der Waals surface area contributed by atoms with Gasteiger partial charge in [-0.15, -0.1) is 21.5 Å². The molecular weight excluding hydrogens is 368 g/mol. The first kappa shape index (κ1) is 17.9. The molecule has 0 atom stereocenters. The molecule has 5 nitrogen and oxygen atoms in total. The lowest BCUT2D eigenvalue weighted by atomic mass is 10.1. The summed E-state index contributed by atoms with van der Waals surface area (Å²) in [5, 5.41) is 16.6. The van der Waals surface area contributed by atoms with Crippen molar-refractivity contribution in [1.82, 2.24) is 15.5 Å². The molecule has 2 heterocycles. The van der Waals surface area contributed by atoms with Gasteiger partial charge in [-0.25, -0.2) is 0 Å². The van der Waals surface area contributed by atoms with Gasteiger partial charge in [0.2, 0.25) is 0 Å². The zero-order valence-corrected chi connectivity index (χ0v) is 15.8. The summed E-state index contributed by atoms with van der Waals surface area (Å²) in [5.41, 5.74) is 3.21. The number of carbonyl (C=O) groups is 1. The molecule has 138 valence electrons. The predicted molar refractivity (Wildman–Crippen MR) is 113 cm³/mol. The van der Waals surface area contributed by atoms with Crippen LogP contribution in [0.1, 0.15) is 15.2 Å². The highest BCUT2D eigenvalue weighted by atomic mass is 32.1. The summed E-state index contributed by atoms with van der Waals surface area (Å²) in [6.45, 7) is 0.528. The lowest BCUT2D eigenvalue weighted by molar-refractivity contribution is 0.0951. The number of nitrogens with one attached hydrogen (secondary N) is 2. The van der Waals surface area contributed by atoms with Gasteiger partial charge >= 0.3 is 0 Å². The van der Waals surface area contributed by atoms with E-state index in [-0.39, 0.29) is 5.91 Å². The third kappa shape index (κ3) is 4.42. The van der Waals surface area contributed by atoms with Gasteiger partial charge in [0.25, 0.3) is 5.91 Å². The van der Waals surface area contributed by atoms with Crippen molar-refractivity contribution in [3.05, 3.63) is 94.7 Å². The Morgan fingerprint density at radius 1 is 0.893 bits per heavy atom. The molecule has 0 radical (unpaired) electrons. The van der Waals surface area contributed by atoms with Crippen LogP contribution in [0.4, 0.5) is 11.5 Å². The van der Waals surface area contributed by atoms with Crippen molar-refractivity contribution in [1.29, 1.82) is 0 Å². The molecule has 0 spiro atoms. The van der Waals surface area contributed by atoms with E-state index in [0.29, 0.717) is 17.9 Å². The molecule has 0 saturated carbocycles. The molecule has 0 aliphatic carbocycles. The minimum atomic E-state index is -0.109. The first-order chi connectivity index (χ1) is 13.8. The Morgan fingerprint density at radius 3 is 2.54 bits per heavy atom. The van der Waals surface area contributed by atoms with Crippen molar-refractivity contribution in [3.8, 4) is 11.3 Å². The highest BCUT2D eigenvalue weighted by molar-refractivity contribution is 7.09. The number of amides is 1. The zero-order chi connectivity index (χ0) is 19.2. The lowest BCUT2D eigenvalue weighted by Crippen LogP contribution is -2.22. The predicted octanol–water partition coefficient (Wildman–Crippen LogP) is 4.88. The Hall–Kier alpha value is -3.51. The highest BCUT2D eigenvalue weighted by Gasteiger charge is 2.07. The quantitative estimate of drug-likeness (QED) is 0.496. The molecule has 2 aromatic carbocycles. The summed E-state index contributed by atoms with van der Waals surface area (Å²) >= 11 is 1.62. The Kier molecular flexibility index (Phi) is 5.40. The van der Waals surface area contributed by atoms with Crippen LogP contribution in [0.2, 0.25) is 0 Å². The second-order valence-electron chi connectivity index (χ2n) is 6.14. The van der Waals surface area contributed by atoms with Crippen molar-refractivity contribution in [2.24, 2.45) is 0 Å². The van der Waals surface area contributed by atoms with Crippen molar-refractivity contribution in [2.75, 3.05) is 5.32 Å². The molecule has 6 heteroatoms. The summed E-state index contributed by atoms with van der Waals surface area (Å²) in [5.74, 6) is 0.512. The molecule has 0 bridgehead atoms. The largest absolute Gasteiger partial charge is 0.347 e. The van der Waals surface area contributed by atoms with Crippen molar-refractivity contribution >= 4 is 28.7 Å². The normalized spacial score (nSPS) is 10.4. The number of hydrogen-bond acceptors (Lipinski definition) is 5. The van der Waals surface area contributed by atoms with Gasteiger partial charge in [-0.2, -0.15) is 0 Å². The summed E-state index contributed by atoms with van der Waals surface area (Å²) in [6, 6.07) is 25.0. The highest BCUT2D eigenvalue weighted by Crippen LogP contribution is 2.19. The smallest absolute Gasteiger partial charge is 0.251 e. The summed E-state index contributed by atoms with van der Waals surface area (Å²) in [6.07, 6.45) is 0. The number of aromatic nitrogens is 2. The molecule has 4 rings (SSSR count). The van der Waals surface area contributed by atoms with Crippen LogP contribution in [0, 0.1) is 0 Å². The van der Waals surface area contributed by atoms with Crippen LogP contribution in [0.15, 0.2) is 84.2 Å². The van der Waals surface area contributed by atoms with Gasteiger partial charge in [-0.3, -0.25) is 4.79 Å². The Bertz CT molecular complexity index is 1050. The summed E-state index contributed by atoms with van der Waals surface area (Å²) in [7, 11) is 0. The van der Waals surface area contributed by atoms with Crippen molar-refractivity contribution in [3.63, 3.8) is 0 Å². The fourth-order valence-electron chi connectivity index (χ4n) is 2.73. The average Bonchev–Trinajstić information content (AvgIpc) is 3.27. The molecule has 0 unspecified atom stereocenters. The average molecular weight is 386 g/mol. The van der Waals surface area contributed by atoms with Gasteiger partial charge in [0.05, 0.1) is 12.2 Å². The van der Waals surface area contributed by atoms with E-state index in [9.17, 15) is 4.79 Å². The standard InChI is InChI=1S/C22H18N4OS/c27-22(23-15-19-10-5-13-28-19)17-8-4-9-18(14-17)24-21-12-11-20(25-26-21)16-6-2-1-3-7-16/h1-14H,15H2,(H,23,27)(H,24,26).